The fraction of sp³-hybridized carbons (Fsp3) is 0.381. The number of aryl methyl sites for hydroxylation is 1. The first-order valence-electron chi connectivity index (χ1n) is 9.05. The lowest BCUT2D eigenvalue weighted by molar-refractivity contribution is -0.137. The second-order valence-corrected chi connectivity index (χ2v) is 6.72. The Labute approximate surface area is 154 Å². The number of hydrogen-bond acceptors (Lipinski definition) is 3. The zero-order chi connectivity index (χ0) is 18.5. The second kappa shape index (κ2) is 8.21. The smallest absolute Gasteiger partial charge is 0.263 e. The monoisotopic (exact) mass is 356 g/mol. The maximum Gasteiger partial charge on any atom is 0.263 e. The van der Waals surface area contributed by atoms with Gasteiger partial charge in [0.25, 0.3) is 5.91 Å². The van der Waals surface area contributed by atoms with Crippen LogP contribution in [0.1, 0.15) is 18.9 Å². The first-order chi connectivity index (χ1) is 12.5. The standard InChI is InChI=1S/C21H25FN2O2/c1-16-5-3-6-20(15-16)26-17(2)21(25)24-12-4-11-23(13-14-24)19-9-7-18(22)8-10-19/h3,5-10,15,17H,4,11-14H2,1-2H3. The van der Waals surface area contributed by atoms with E-state index in [1.807, 2.05) is 36.1 Å². The molecule has 4 nitrogen and oxygen atoms in total. The van der Waals surface area contributed by atoms with Crippen molar-refractivity contribution >= 4 is 11.6 Å². The van der Waals surface area contributed by atoms with Crippen LogP contribution >= 0.6 is 0 Å². The third kappa shape index (κ3) is 4.54. The number of ether oxygens (including phenoxy) is 1. The van der Waals surface area contributed by atoms with Crippen molar-refractivity contribution in [2.75, 3.05) is 31.1 Å². The summed E-state index contributed by atoms with van der Waals surface area (Å²) in [5.41, 5.74) is 2.09. The minimum Gasteiger partial charge on any atom is -0.481 e. The van der Waals surface area contributed by atoms with E-state index >= 15 is 0 Å². The van der Waals surface area contributed by atoms with Crippen molar-refractivity contribution in [3.8, 4) is 5.75 Å². The SMILES string of the molecule is Cc1cccc(OC(C)C(=O)N2CCCN(c3ccc(F)cc3)CC2)c1. The van der Waals surface area contributed by atoms with Crippen LogP contribution in [0.5, 0.6) is 5.75 Å². The molecule has 1 heterocycles. The van der Waals surface area contributed by atoms with Gasteiger partial charge in [-0.25, -0.2) is 4.39 Å². The molecule has 1 unspecified atom stereocenters. The van der Waals surface area contributed by atoms with Crippen LogP contribution < -0.4 is 9.64 Å². The summed E-state index contributed by atoms with van der Waals surface area (Å²) >= 11 is 0. The summed E-state index contributed by atoms with van der Waals surface area (Å²) in [6.07, 6.45) is 0.356. The molecule has 26 heavy (non-hydrogen) atoms. The van der Waals surface area contributed by atoms with Gasteiger partial charge in [-0.05, 0) is 62.2 Å². The van der Waals surface area contributed by atoms with Crippen LogP contribution in [-0.2, 0) is 4.79 Å². The number of nitrogens with zero attached hydrogens (tertiary/aromatic N) is 2. The minimum absolute atomic E-state index is 0.00691. The maximum atomic E-state index is 13.1. The molecule has 5 heteroatoms. The molecule has 2 aromatic carbocycles. The zero-order valence-electron chi connectivity index (χ0n) is 15.3. The maximum absolute atomic E-state index is 13.1. The van der Waals surface area contributed by atoms with Gasteiger partial charge in [0, 0.05) is 31.9 Å². The molecule has 0 N–H and O–H groups in total. The number of anilines is 1. The molecule has 138 valence electrons. The lowest BCUT2D eigenvalue weighted by Crippen LogP contribution is -2.42. The molecule has 1 aliphatic rings. The van der Waals surface area contributed by atoms with E-state index in [1.165, 1.54) is 12.1 Å². The zero-order valence-corrected chi connectivity index (χ0v) is 15.3. The van der Waals surface area contributed by atoms with Crippen LogP contribution in [0.2, 0.25) is 0 Å². The van der Waals surface area contributed by atoms with Crippen molar-refractivity contribution in [2.24, 2.45) is 0 Å². The predicted octanol–water partition coefficient (Wildman–Crippen LogP) is 3.64. The molecule has 3 rings (SSSR count). The summed E-state index contributed by atoms with van der Waals surface area (Å²) in [4.78, 5) is 16.8. The molecule has 1 fully saturated rings. The van der Waals surface area contributed by atoms with Crippen LogP contribution in [0.3, 0.4) is 0 Å². The van der Waals surface area contributed by atoms with Crippen LogP contribution in [0.4, 0.5) is 10.1 Å². The van der Waals surface area contributed by atoms with Crippen molar-refractivity contribution in [3.63, 3.8) is 0 Å². The van der Waals surface area contributed by atoms with Gasteiger partial charge in [-0.3, -0.25) is 4.79 Å². The Morgan fingerprint density at radius 1 is 1.08 bits per heavy atom. The van der Waals surface area contributed by atoms with Gasteiger partial charge >= 0.3 is 0 Å². The molecular weight excluding hydrogens is 331 g/mol. The highest BCUT2D eigenvalue weighted by molar-refractivity contribution is 5.81. The topological polar surface area (TPSA) is 32.8 Å². The highest BCUT2D eigenvalue weighted by Gasteiger charge is 2.24. The molecule has 0 saturated carbocycles. The fourth-order valence-electron chi connectivity index (χ4n) is 3.25. The summed E-state index contributed by atoms with van der Waals surface area (Å²) in [7, 11) is 0. The van der Waals surface area contributed by atoms with E-state index in [0.717, 1.165) is 30.8 Å². The molecule has 0 aromatic heterocycles. The number of hydrogen-bond donors (Lipinski definition) is 0. The average Bonchev–Trinajstić information content (AvgIpc) is 2.88. The lowest BCUT2D eigenvalue weighted by Gasteiger charge is -2.26. The van der Waals surface area contributed by atoms with E-state index in [2.05, 4.69) is 4.90 Å². The molecule has 0 bridgehead atoms. The molecule has 1 amide bonds. The Bertz CT molecular complexity index is 748. The van der Waals surface area contributed by atoms with Gasteiger partial charge in [-0.15, -0.1) is 0 Å². The van der Waals surface area contributed by atoms with Crippen LogP contribution in [-0.4, -0.2) is 43.1 Å². The van der Waals surface area contributed by atoms with E-state index in [9.17, 15) is 9.18 Å². The number of benzene rings is 2. The summed E-state index contributed by atoms with van der Waals surface area (Å²) in [6, 6.07) is 14.2. The summed E-state index contributed by atoms with van der Waals surface area (Å²) in [6.45, 7) is 6.72. The number of rotatable bonds is 4. The van der Waals surface area contributed by atoms with Gasteiger partial charge in [0.2, 0.25) is 0 Å². The largest absolute Gasteiger partial charge is 0.481 e. The second-order valence-electron chi connectivity index (χ2n) is 6.72. The molecule has 0 radical (unpaired) electrons. The normalized spacial score (nSPS) is 16.1. The average molecular weight is 356 g/mol. The Hall–Kier alpha value is -2.56. The van der Waals surface area contributed by atoms with E-state index in [-0.39, 0.29) is 11.7 Å². The molecule has 0 spiro atoms. The number of carbonyl (C=O) groups excluding carboxylic acids is 1. The first kappa shape index (κ1) is 18.2. The van der Waals surface area contributed by atoms with E-state index < -0.39 is 6.10 Å². The summed E-state index contributed by atoms with van der Waals surface area (Å²) in [5.74, 6) is 0.489. The van der Waals surface area contributed by atoms with Crippen LogP contribution in [0.25, 0.3) is 0 Å². The Morgan fingerprint density at radius 2 is 1.85 bits per heavy atom. The summed E-state index contributed by atoms with van der Waals surface area (Å²) in [5, 5.41) is 0. The third-order valence-corrected chi connectivity index (χ3v) is 4.65. The number of carbonyl (C=O) groups is 1. The quantitative estimate of drug-likeness (QED) is 0.838. The van der Waals surface area contributed by atoms with Gasteiger partial charge < -0.3 is 14.5 Å². The van der Waals surface area contributed by atoms with Crippen LogP contribution in [0, 0.1) is 12.7 Å². The van der Waals surface area contributed by atoms with Crippen molar-refractivity contribution in [2.45, 2.75) is 26.4 Å². The molecule has 1 atom stereocenters. The van der Waals surface area contributed by atoms with Crippen molar-refractivity contribution in [1.82, 2.24) is 4.90 Å². The highest BCUT2D eigenvalue weighted by Crippen LogP contribution is 2.19. The summed E-state index contributed by atoms with van der Waals surface area (Å²) < 4.78 is 18.9. The molecular formula is C21H25FN2O2. The lowest BCUT2D eigenvalue weighted by atomic mass is 10.2. The number of halogens is 1. The molecule has 0 aliphatic carbocycles. The van der Waals surface area contributed by atoms with Gasteiger partial charge in [0.05, 0.1) is 0 Å². The van der Waals surface area contributed by atoms with Crippen molar-refractivity contribution in [3.05, 3.63) is 59.9 Å². The Balaban J connectivity index is 1.59. The molecule has 1 aliphatic heterocycles. The molecule has 2 aromatic rings. The van der Waals surface area contributed by atoms with Gasteiger partial charge in [0.15, 0.2) is 6.10 Å². The van der Waals surface area contributed by atoms with E-state index in [1.54, 1.807) is 19.1 Å². The van der Waals surface area contributed by atoms with Gasteiger partial charge in [-0.1, -0.05) is 12.1 Å². The fourth-order valence-corrected chi connectivity index (χ4v) is 3.25. The number of amides is 1. The van der Waals surface area contributed by atoms with Gasteiger partial charge in [-0.2, -0.15) is 0 Å². The molecule has 1 saturated heterocycles. The van der Waals surface area contributed by atoms with E-state index in [4.69, 9.17) is 4.74 Å². The minimum atomic E-state index is -0.519. The van der Waals surface area contributed by atoms with Gasteiger partial charge in [0.1, 0.15) is 11.6 Å². The third-order valence-electron chi connectivity index (χ3n) is 4.65. The first-order valence-corrected chi connectivity index (χ1v) is 9.05. The van der Waals surface area contributed by atoms with Crippen LogP contribution in [0.15, 0.2) is 48.5 Å². The highest BCUT2D eigenvalue weighted by atomic mass is 19.1. The predicted molar refractivity (Wildman–Crippen MR) is 101 cm³/mol. The Kier molecular flexibility index (Phi) is 5.76. The van der Waals surface area contributed by atoms with Crippen molar-refractivity contribution < 1.29 is 13.9 Å². The van der Waals surface area contributed by atoms with Crippen molar-refractivity contribution in [1.29, 1.82) is 0 Å². The van der Waals surface area contributed by atoms with E-state index in [0.29, 0.717) is 18.8 Å². The Morgan fingerprint density at radius 3 is 2.58 bits per heavy atom.